The van der Waals surface area contributed by atoms with E-state index in [2.05, 4.69) is 45.0 Å². The number of benzene rings is 1. The lowest BCUT2D eigenvalue weighted by molar-refractivity contribution is 0.413. The van der Waals surface area contributed by atoms with Gasteiger partial charge in [-0.3, -0.25) is 0 Å². The largest absolute Gasteiger partial charge is 0.496 e. The Morgan fingerprint density at radius 2 is 2.11 bits per heavy atom. The lowest BCUT2D eigenvalue weighted by Crippen LogP contribution is -2.00. The summed E-state index contributed by atoms with van der Waals surface area (Å²) in [7, 11) is 1.67. The summed E-state index contributed by atoms with van der Waals surface area (Å²) in [5.41, 5.74) is 10.7. The molecule has 0 amide bonds. The quantitative estimate of drug-likeness (QED) is 0.916. The molecule has 0 aliphatic heterocycles. The number of aromatic amines is 1. The van der Waals surface area contributed by atoms with Crippen molar-refractivity contribution in [3.05, 3.63) is 33.7 Å². The number of aromatic nitrogens is 2. The lowest BCUT2D eigenvalue weighted by Gasteiger charge is -2.12. The van der Waals surface area contributed by atoms with Gasteiger partial charge >= 0.3 is 0 Å². The van der Waals surface area contributed by atoms with Crippen LogP contribution in [0.1, 0.15) is 16.8 Å². The second kappa shape index (κ2) is 5.12. The van der Waals surface area contributed by atoms with Gasteiger partial charge in [-0.05, 0) is 47.0 Å². The topological polar surface area (TPSA) is 63.9 Å². The van der Waals surface area contributed by atoms with Crippen LogP contribution in [0.3, 0.4) is 0 Å². The number of H-pyrrole nitrogens is 1. The molecule has 0 spiro atoms. The standard InChI is InChI=1S/C13H16BrN3O/c1-7-4-8(2)12(18-3)9(5-7)11-10(6-15)16-13(14)17-11/h4-5H,6,15H2,1-3H3,(H,16,17). The second-order valence-electron chi connectivity index (χ2n) is 4.22. The Balaban J connectivity index is 2.69. The molecule has 1 heterocycles. The second-order valence-corrected chi connectivity index (χ2v) is 4.97. The normalized spacial score (nSPS) is 10.7. The predicted octanol–water partition coefficient (Wildman–Crippen LogP) is 2.92. The number of nitrogens with zero attached hydrogens (tertiary/aromatic N) is 1. The number of aryl methyl sites for hydroxylation is 2. The monoisotopic (exact) mass is 309 g/mol. The zero-order valence-electron chi connectivity index (χ0n) is 10.7. The Morgan fingerprint density at radius 1 is 1.39 bits per heavy atom. The third kappa shape index (κ3) is 2.28. The van der Waals surface area contributed by atoms with Crippen LogP contribution in [-0.2, 0) is 6.54 Å². The van der Waals surface area contributed by atoms with E-state index < -0.39 is 0 Å². The summed E-state index contributed by atoms with van der Waals surface area (Å²) in [6, 6.07) is 4.15. The Bertz CT molecular complexity index is 578. The van der Waals surface area contributed by atoms with E-state index in [1.807, 2.05) is 6.92 Å². The maximum Gasteiger partial charge on any atom is 0.175 e. The van der Waals surface area contributed by atoms with Gasteiger partial charge in [0.15, 0.2) is 4.73 Å². The van der Waals surface area contributed by atoms with Gasteiger partial charge in [0, 0.05) is 12.1 Å². The highest BCUT2D eigenvalue weighted by atomic mass is 79.9. The number of hydrogen-bond acceptors (Lipinski definition) is 3. The van der Waals surface area contributed by atoms with Gasteiger partial charge in [-0.2, -0.15) is 0 Å². The van der Waals surface area contributed by atoms with Crippen molar-refractivity contribution in [1.82, 2.24) is 9.97 Å². The zero-order chi connectivity index (χ0) is 13.3. The van der Waals surface area contributed by atoms with Crippen molar-refractivity contribution in [2.45, 2.75) is 20.4 Å². The molecule has 0 saturated carbocycles. The van der Waals surface area contributed by atoms with Gasteiger partial charge in [0.2, 0.25) is 0 Å². The number of halogens is 1. The number of hydrogen-bond donors (Lipinski definition) is 2. The molecule has 0 fully saturated rings. The maximum absolute atomic E-state index is 5.74. The molecule has 2 aromatic rings. The Morgan fingerprint density at radius 3 is 2.72 bits per heavy atom. The van der Waals surface area contributed by atoms with E-state index in [4.69, 9.17) is 10.5 Å². The molecular formula is C13H16BrN3O. The minimum atomic E-state index is 0.407. The van der Waals surface area contributed by atoms with Crippen molar-refractivity contribution in [3.8, 4) is 17.0 Å². The molecule has 0 radical (unpaired) electrons. The Hall–Kier alpha value is -1.33. The van der Waals surface area contributed by atoms with Crippen LogP contribution in [0, 0.1) is 13.8 Å². The number of nitrogens with one attached hydrogen (secondary N) is 1. The molecule has 1 aromatic carbocycles. The van der Waals surface area contributed by atoms with Crippen LogP contribution in [0.2, 0.25) is 0 Å². The molecule has 18 heavy (non-hydrogen) atoms. The van der Waals surface area contributed by atoms with Crippen molar-refractivity contribution >= 4 is 15.9 Å². The highest BCUT2D eigenvalue weighted by molar-refractivity contribution is 9.10. The smallest absolute Gasteiger partial charge is 0.175 e. The molecular weight excluding hydrogens is 294 g/mol. The van der Waals surface area contributed by atoms with Crippen LogP contribution in [-0.4, -0.2) is 17.1 Å². The van der Waals surface area contributed by atoms with Crippen molar-refractivity contribution < 1.29 is 4.74 Å². The van der Waals surface area contributed by atoms with Crippen molar-refractivity contribution in [3.63, 3.8) is 0 Å². The molecule has 3 N–H and O–H groups in total. The molecule has 0 atom stereocenters. The molecule has 1 aromatic heterocycles. The molecule has 96 valence electrons. The summed E-state index contributed by atoms with van der Waals surface area (Å²) < 4.78 is 6.16. The maximum atomic E-state index is 5.74. The molecule has 0 bridgehead atoms. The summed E-state index contributed by atoms with van der Waals surface area (Å²) in [6.07, 6.45) is 0. The van der Waals surface area contributed by atoms with E-state index in [0.29, 0.717) is 11.3 Å². The molecule has 0 saturated heterocycles. The van der Waals surface area contributed by atoms with Gasteiger partial charge in [0.25, 0.3) is 0 Å². The van der Waals surface area contributed by atoms with Gasteiger partial charge in [0.05, 0.1) is 18.5 Å². The molecule has 0 aliphatic rings. The zero-order valence-corrected chi connectivity index (χ0v) is 12.3. The number of nitrogens with two attached hydrogens (primary N) is 1. The highest BCUT2D eigenvalue weighted by Gasteiger charge is 2.16. The van der Waals surface area contributed by atoms with Crippen molar-refractivity contribution in [2.75, 3.05) is 7.11 Å². The first-order chi connectivity index (χ1) is 8.56. The van der Waals surface area contributed by atoms with Gasteiger partial charge < -0.3 is 15.5 Å². The molecule has 2 rings (SSSR count). The van der Waals surface area contributed by atoms with E-state index >= 15 is 0 Å². The predicted molar refractivity (Wildman–Crippen MR) is 75.6 cm³/mol. The van der Waals surface area contributed by atoms with Crippen LogP contribution in [0.15, 0.2) is 16.9 Å². The van der Waals surface area contributed by atoms with E-state index in [1.165, 1.54) is 5.56 Å². The summed E-state index contributed by atoms with van der Waals surface area (Å²) in [6.45, 7) is 4.49. The fraction of sp³-hybridized carbons (Fsp3) is 0.308. The summed E-state index contributed by atoms with van der Waals surface area (Å²) in [5, 5.41) is 0. The first-order valence-corrected chi connectivity index (χ1v) is 6.46. The Labute approximate surface area is 115 Å². The van der Waals surface area contributed by atoms with Gasteiger partial charge in [-0.25, -0.2) is 4.98 Å². The number of imidazole rings is 1. The van der Waals surface area contributed by atoms with Crippen LogP contribution >= 0.6 is 15.9 Å². The third-order valence-corrected chi connectivity index (χ3v) is 3.21. The van der Waals surface area contributed by atoms with Crippen LogP contribution in [0.4, 0.5) is 0 Å². The molecule has 5 heteroatoms. The summed E-state index contributed by atoms with van der Waals surface area (Å²) in [5.74, 6) is 0.842. The van der Waals surface area contributed by atoms with Crippen molar-refractivity contribution in [2.24, 2.45) is 5.73 Å². The summed E-state index contributed by atoms with van der Waals surface area (Å²) in [4.78, 5) is 7.55. The van der Waals surface area contributed by atoms with Gasteiger partial charge in [-0.15, -0.1) is 0 Å². The van der Waals surface area contributed by atoms with E-state index in [0.717, 1.165) is 28.3 Å². The fourth-order valence-electron chi connectivity index (χ4n) is 2.15. The SMILES string of the molecule is COc1c(C)cc(C)cc1-c1nc(Br)[nH]c1CN. The van der Waals surface area contributed by atoms with Crippen LogP contribution in [0.25, 0.3) is 11.3 Å². The van der Waals surface area contributed by atoms with Crippen LogP contribution < -0.4 is 10.5 Å². The van der Waals surface area contributed by atoms with Crippen LogP contribution in [0.5, 0.6) is 5.75 Å². The average molecular weight is 310 g/mol. The molecule has 0 aliphatic carbocycles. The fourth-order valence-corrected chi connectivity index (χ4v) is 2.57. The molecule has 0 unspecified atom stereocenters. The number of rotatable bonds is 3. The number of methoxy groups -OCH3 is 1. The average Bonchev–Trinajstić information content (AvgIpc) is 2.69. The van der Waals surface area contributed by atoms with Gasteiger partial charge in [0.1, 0.15) is 5.75 Å². The van der Waals surface area contributed by atoms with E-state index in [1.54, 1.807) is 7.11 Å². The Kier molecular flexibility index (Phi) is 3.73. The lowest BCUT2D eigenvalue weighted by atomic mass is 10.0. The van der Waals surface area contributed by atoms with E-state index in [9.17, 15) is 0 Å². The first-order valence-electron chi connectivity index (χ1n) is 5.67. The number of ether oxygens (including phenoxy) is 1. The molecule has 4 nitrogen and oxygen atoms in total. The third-order valence-electron chi connectivity index (χ3n) is 2.83. The first kappa shape index (κ1) is 13.1. The minimum Gasteiger partial charge on any atom is -0.496 e. The summed E-state index contributed by atoms with van der Waals surface area (Å²) >= 11 is 3.34. The van der Waals surface area contributed by atoms with Gasteiger partial charge in [-0.1, -0.05) is 6.07 Å². The minimum absolute atomic E-state index is 0.407. The van der Waals surface area contributed by atoms with Crippen molar-refractivity contribution in [1.29, 1.82) is 0 Å². The van der Waals surface area contributed by atoms with E-state index in [-0.39, 0.29) is 0 Å². The highest BCUT2D eigenvalue weighted by Crippen LogP contribution is 2.35.